The Hall–Kier alpha value is -1.42. The van der Waals surface area contributed by atoms with Gasteiger partial charge in [0, 0.05) is 17.5 Å². The molecule has 5 heteroatoms. The van der Waals surface area contributed by atoms with Gasteiger partial charge in [0.05, 0.1) is 13.0 Å². The van der Waals surface area contributed by atoms with Crippen LogP contribution in [0.1, 0.15) is 24.6 Å². The summed E-state index contributed by atoms with van der Waals surface area (Å²) in [6.07, 6.45) is 5.36. The van der Waals surface area contributed by atoms with E-state index in [1.807, 2.05) is 6.92 Å². The summed E-state index contributed by atoms with van der Waals surface area (Å²) in [5.74, 6) is -0.244. The number of aromatic nitrogens is 2. The van der Waals surface area contributed by atoms with Crippen LogP contribution >= 0.6 is 11.6 Å². The van der Waals surface area contributed by atoms with Crippen LogP contribution in [0.25, 0.3) is 6.08 Å². The number of nitrogens with zero attached hydrogens (tertiary/aromatic N) is 2. The molecule has 0 aromatic carbocycles. The van der Waals surface area contributed by atoms with Crippen molar-refractivity contribution in [2.75, 3.05) is 6.61 Å². The first-order chi connectivity index (χ1) is 7.63. The molecule has 0 atom stereocenters. The molecule has 0 saturated carbocycles. The molecule has 1 rings (SSSR count). The topological polar surface area (TPSA) is 52.1 Å². The third kappa shape index (κ3) is 3.98. The number of rotatable bonds is 4. The summed E-state index contributed by atoms with van der Waals surface area (Å²) >= 11 is 5.62. The number of hydrogen-bond donors (Lipinski definition) is 0. The first kappa shape index (κ1) is 12.6. The highest BCUT2D eigenvalue weighted by Crippen LogP contribution is 2.09. The van der Waals surface area contributed by atoms with Gasteiger partial charge in [-0.15, -0.1) is 0 Å². The van der Waals surface area contributed by atoms with Gasteiger partial charge in [0.15, 0.2) is 0 Å². The Balaban J connectivity index is 2.59. The van der Waals surface area contributed by atoms with Crippen molar-refractivity contribution in [1.29, 1.82) is 0 Å². The molecule has 0 spiro atoms. The molecule has 1 aromatic heterocycles. The fourth-order valence-corrected chi connectivity index (χ4v) is 1.29. The highest BCUT2D eigenvalue weighted by Gasteiger charge is 1.99. The number of halogens is 1. The van der Waals surface area contributed by atoms with Gasteiger partial charge in [0.25, 0.3) is 0 Å². The molecule has 4 nitrogen and oxygen atoms in total. The summed E-state index contributed by atoms with van der Waals surface area (Å²) in [4.78, 5) is 18.9. The van der Waals surface area contributed by atoms with Gasteiger partial charge in [-0.05, 0) is 25.4 Å². The van der Waals surface area contributed by atoms with Crippen LogP contribution in [0.3, 0.4) is 0 Å². The van der Waals surface area contributed by atoms with Gasteiger partial charge in [0.1, 0.15) is 0 Å². The average Bonchev–Trinajstić information content (AvgIpc) is 2.22. The molecule has 0 unspecified atom stereocenters. The van der Waals surface area contributed by atoms with E-state index in [0.717, 1.165) is 11.3 Å². The Morgan fingerprint density at radius 3 is 3.00 bits per heavy atom. The van der Waals surface area contributed by atoms with Crippen molar-refractivity contribution in [3.63, 3.8) is 0 Å². The minimum atomic E-state index is -0.244. The molecule has 0 N–H and O–H groups in total. The van der Waals surface area contributed by atoms with E-state index in [9.17, 15) is 4.79 Å². The Morgan fingerprint density at radius 2 is 2.38 bits per heavy atom. The zero-order valence-electron chi connectivity index (χ0n) is 9.24. The second-order valence-electron chi connectivity index (χ2n) is 3.09. The lowest BCUT2D eigenvalue weighted by Gasteiger charge is -1.99. The summed E-state index contributed by atoms with van der Waals surface area (Å²) in [7, 11) is 0. The van der Waals surface area contributed by atoms with E-state index in [-0.39, 0.29) is 17.7 Å². The number of ether oxygens (including phenoxy) is 1. The van der Waals surface area contributed by atoms with Gasteiger partial charge in [-0.25, -0.2) is 9.97 Å². The average molecular weight is 241 g/mol. The molecule has 1 heterocycles. The third-order valence-electron chi connectivity index (χ3n) is 1.88. The van der Waals surface area contributed by atoms with Crippen LogP contribution in [0.5, 0.6) is 0 Å². The number of carbonyl (C=O) groups excluding carboxylic acids is 1. The van der Waals surface area contributed by atoms with Crippen molar-refractivity contribution in [2.45, 2.75) is 20.3 Å². The fourth-order valence-electron chi connectivity index (χ4n) is 1.11. The molecule has 0 bridgehead atoms. The number of aryl methyl sites for hydroxylation is 1. The van der Waals surface area contributed by atoms with E-state index in [0.29, 0.717) is 6.61 Å². The predicted molar refractivity (Wildman–Crippen MR) is 62.1 cm³/mol. The Kier molecular flexibility index (Phi) is 4.92. The zero-order chi connectivity index (χ0) is 12.0. The number of hydrogen-bond acceptors (Lipinski definition) is 4. The Labute approximate surface area is 99.3 Å². The van der Waals surface area contributed by atoms with Crippen LogP contribution in [0.2, 0.25) is 5.28 Å². The smallest absolute Gasteiger partial charge is 0.309 e. The maximum absolute atomic E-state index is 11.0. The van der Waals surface area contributed by atoms with Crippen LogP contribution in [0.4, 0.5) is 0 Å². The molecule has 0 aliphatic heterocycles. The highest BCUT2D eigenvalue weighted by atomic mass is 35.5. The van der Waals surface area contributed by atoms with E-state index < -0.39 is 0 Å². The third-order valence-corrected chi connectivity index (χ3v) is 2.06. The molecule has 0 aliphatic rings. The summed E-state index contributed by atoms with van der Waals surface area (Å²) in [5, 5.41) is 0.222. The van der Waals surface area contributed by atoms with E-state index in [4.69, 9.17) is 16.3 Å². The van der Waals surface area contributed by atoms with Crippen LogP contribution in [-0.2, 0) is 9.53 Å². The molecule has 1 aromatic rings. The van der Waals surface area contributed by atoms with Crippen molar-refractivity contribution < 1.29 is 9.53 Å². The maximum atomic E-state index is 11.0. The summed E-state index contributed by atoms with van der Waals surface area (Å²) in [5.41, 5.74) is 1.62. The molecular formula is C11H13ClN2O2. The summed E-state index contributed by atoms with van der Waals surface area (Å²) in [6, 6.07) is 0. The van der Waals surface area contributed by atoms with Crippen LogP contribution in [0, 0.1) is 6.92 Å². The number of esters is 1. The molecule has 86 valence electrons. The molecule has 0 radical (unpaired) electrons. The molecule has 0 amide bonds. The minimum absolute atomic E-state index is 0.222. The molecule has 16 heavy (non-hydrogen) atoms. The second kappa shape index (κ2) is 6.23. The number of carbonyl (C=O) groups is 1. The lowest BCUT2D eigenvalue weighted by Crippen LogP contribution is -2.01. The Morgan fingerprint density at radius 1 is 1.62 bits per heavy atom. The van der Waals surface area contributed by atoms with E-state index >= 15 is 0 Å². The zero-order valence-corrected chi connectivity index (χ0v) is 9.99. The molecule has 0 aliphatic carbocycles. The predicted octanol–water partition coefficient (Wildman–Crippen LogP) is 2.40. The van der Waals surface area contributed by atoms with Crippen LogP contribution in [0.15, 0.2) is 12.3 Å². The van der Waals surface area contributed by atoms with E-state index in [1.165, 1.54) is 0 Å². The first-order valence-electron chi connectivity index (χ1n) is 4.94. The Bertz CT molecular complexity index is 405. The SMILES string of the molecule is CCOC(=O)CC=Cc1cnc(Cl)nc1C. The molecule has 0 fully saturated rings. The molecular weight excluding hydrogens is 228 g/mol. The first-order valence-corrected chi connectivity index (χ1v) is 5.32. The fraction of sp³-hybridized carbons (Fsp3) is 0.364. The van der Waals surface area contributed by atoms with Gasteiger partial charge in [-0.1, -0.05) is 12.2 Å². The largest absolute Gasteiger partial charge is 0.466 e. The van der Waals surface area contributed by atoms with E-state index in [1.54, 1.807) is 25.3 Å². The maximum Gasteiger partial charge on any atom is 0.309 e. The van der Waals surface area contributed by atoms with Crippen molar-refractivity contribution in [2.24, 2.45) is 0 Å². The van der Waals surface area contributed by atoms with E-state index in [2.05, 4.69) is 9.97 Å². The van der Waals surface area contributed by atoms with Crippen molar-refractivity contribution in [3.8, 4) is 0 Å². The monoisotopic (exact) mass is 240 g/mol. The van der Waals surface area contributed by atoms with Gasteiger partial charge in [0.2, 0.25) is 5.28 Å². The van der Waals surface area contributed by atoms with Gasteiger partial charge < -0.3 is 4.74 Å². The van der Waals surface area contributed by atoms with Gasteiger partial charge in [-0.3, -0.25) is 4.79 Å². The highest BCUT2D eigenvalue weighted by molar-refractivity contribution is 6.28. The normalized spacial score (nSPS) is 10.7. The summed E-state index contributed by atoms with van der Waals surface area (Å²) < 4.78 is 4.79. The van der Waals surface area contributed by atoms with Crippen LogP contribution < -0.4 is 0 Å². The van der Waals surface area contributed by atoms with Gasteiger partial charge in [-0.2, -0.15) is 0 Å². The minimum Gasteiger partial charge on any atom is -0.466 e. The lowest BCUT2D eigenvalue weighted by molar-refractivity contribution is -0.142. The van der Waals surface area contributed by atoms with Crippen LogP contribution in [-0.4, -0.2) is 22.5 Å². The van der Waals surface area contributed by atoms with Crippen molar-refractivity contribution >= 4 is 23.6 Å². The van der Waals surface area contributed by atoms with Gasteiger partial charge >= 0.3 is 5.97 Å². The standard InChI is InChI=1S/C11H13ClN2O2/c1-3-16-10(15)6-4-5-9-7-13-11(12)14-8(9)2/h4-5,7H,3,6H2,1-2H3. The molecule has 0 saturated heterocycles. The van der Waals surface area contributed by atoms with Crippen molar-refractivity contribution in [3.05, 3.63) is 28.8 Å². The summed E-state index contributed by atoms with van der Waals surface area (Å²) in [6.45, 7) is 4.01. The van der Waals surface area contributed by atoms with Crippen molar-refractivity contribution in [1.82, 2.24) is 9.97 Å². The second-order valence-corrected chi connectivity index (χ2v) is 3.43. The lowest BCUT2D eigenvalue weighted by atomic mass is 10.2. The quantitative estimate of drug-likeness (QED) is 0.599.